The van der Waals surface area contributed by atoms with E-state index in [2.05, 4.69) is 70.4 Å². The number of anilines is 3. The average Bonchev–Trinajstić information content (AvgIpc) is 3.16. The van der Waals surface area contributed by atoms with Crippen molar-refractivity contribution >= 4 is 46.2 Å². The molecule has 0 atom stereocenters. The summed E-state index contributed by atoms with van der Waals surface area (Å²) in [4.78, 5) is 13.6. The maximum absolute atomic E-state index is 6.35. The topological polar surface area (TPSA) is 48.7 Å². The van der Waals surface area contributed by atoms with Crippen molar-refractivity contribution in [1.29, 1.82) is 0 Å². The number of nitrogens with one attached hydrogen (secondary N) is 1. The van der Waals surface area contributed by atoms with E-state index in [1.807, 2.05) is 35.0 Å². The summed E-state index contributed by atoms with van der Waals surface area (Å²) in [7, 11) is 4.19. The molecular formula is C24H26Cl2N6. The molecule has 0 saturated heterocycles. The predicted molar refractivity (Wildman–Crippen MR) is 135 cm³/mol. The van der Waals surface area contributed by atoms with Crippen LogP contribution in [0.1, 0.15) is 6.92 Å². The van der Waals surface area contributed by atoms with E-state index >= 15 is 0 Å². The van der Waals surface area contributed by atoms with Crippen molar-refractivity contribution < 1.29 is 0 Å². The van der Waals surface area contributed by atoms with E-state index in [1.165, 1.54) is 5.69 Å². The van der Waals surface area contributed by atoms with Crippen LogP contribution in [0.5, 0.6) is 0 Å². The number of aromatic nitrogens is 3. The molecule has 0 aliphatic rings. The lowest BCUT2D eigenvalue weighted by Gasteiger charge is -2.25. The zero-order chi connectivity index (χ0) is 22.7. The standard InChI is InChI=1S/C24H26Cl2N6/c1-4-31(13-12-30(2)3)19-10-8-18(9-11-19)28-22-16-32-15-17(14-27-24(32)29-22)23-20(25)6-5-7-21(23)26/h5-11,14-16,28H,4,12-13H2,1-3H3. The van der Waals surface area contributed by atoms with Crippen molar-refractivity contribution in [3.05, 3.63) is 71.1 Å². The van der Waals surface area contributed by atoms with E-state index in [9.17, 15) is 0 Å². The monoisotopic (exact) mass is 468 g/mol. The summed E-state index contributed by atoms with van der Waals surface area (Å²) in [6.45, 7) is 5.15. The van der Waals surface area contributed by atoms with Gasteiger partial charge in [0.15, 0.2) is 5.82 Å². The van der Waals surface area contributed by atoms with E-state index in [0.29, 0.717) is 21.6 Å². The summed E-state index contributed by atoms with van der Waals surface area (Å²) in [6.07, 6.45) is 5.57. The highest BCUT2D eigenvalue weighted by Crippen LogP contribution is 2.34. The Labute approximate surface area is 198 Å². The highest BCUT2D eigenvalue weighted by molar-refractivity contribution is 6.39. The molecule has 6 nitrogen and oxygen atoms in total. The molecule has 1 N–H and O–H groups in total. The highest BCUT2D eigenvalue weighted by atomic mass is 35.5. The zero-order valence-corrected chi connectivity index (χ0v) is 19.9. The van der Waals surface area contributed by atoms with Gasteiger partial charge in [-0.15, -0.1) is 0 Å². The SMILES string of the molecule is CCN(CCN(C)C)c1ccc(Nc2cn3cc(-c4c(Cl)cccc4Cl)cnc3n2)cc1. The molecule has 4 rings (SSSR count). The number of halogens is 2. The first-order chi connectivity index (χ1) is 15.4. The molecular weight excluding hydrogens is 443 g/mol. The van der Waals surface area contributed by atoms with Gasteiger partial charge in [-0.25, -0.2) is 4.98 Å². The van der Waals surface area contributed by atoms with Gasteiger partial charge < -0.3 is 15.1 Å². The third-order valence-electron chi connectivity index (χ3n) is 5.27. The molecule has 4 aromatic rings. The van der Waals surface area contributed by atoms with Crippen LogP contribution in [0, 0.1) is 0 Å². The molecule has 8 heteroatoms. The fraction of sp³-hybridized carbons (Fsp3) is 0.250. The largest absolute Gasteiger partial charge is 0.371 e. The van der Waals surface area contributed by atoms with Gasteiger partial charge in [0.05, 0.1) is 16.2 Å². The van der Waals surface area contributed by atoms with Crippen LogP contribution in [0.3, 0.4) is 0 Å². The van der Waals surface area contributed by atoms with Gasteiger partial charge in [0.1, 0.15) is 0 Å². The van der Waals surface area contributed by atoms with E-state index in [0.717, 1.165) is 36.4 Å². The number of likely N-dealkylation sites (N-methyl/N-ethyl adjacent to an activating group) is 2. The molecule has 0 saturated carbocycles. The summed E-state index contributed by atoms with van der Waals surface area (Å²) in [5.41, 5.74) is 3.77. The Bertz CT molecular complexity index is 1180. The average molecular weight is 469 g/mol. The number of benzene rings is 2. The van der Waals surface area contributed by atoms with Crippen molar-refractivity contribution in [2.45, 2.75) is 6.92 Å². The summed E-state index contributed by atoms with van der Waals surface area (Å²) < 4.78 is 1.87. The van der Waals surface area contributed by atoms with E-state index < -0.39 is 0 Å². The molecule has 0 radical (unpaired) electrons. The van der Waals surface area contributed by atoms with Gasteiger partial charge in [-0.1, -0.05) is 29.3 Å². The summed E-state index contributed by atoms with van der Waals surface area (Å²) >= 11 is 12.7. The minimum absolute atomic E-state index is 0.587. The minimum Gasteiger partial charge on any atom is -0.371 e. The molecule has 0 unspecified atom stereocenters. The van der Waals surface area contributed by atoms with Gasteiger partial charge in [-0.05, 0) is 57.4 Å². The van der Waals surface area contributed by atoms with Crippen LogP contribution in [0.25, 0.3) is 16.9 Å². The number of hydrogen-bond donors (Lipinski definition) is 1. The fourth-order valence-corrected chi connectivity index (χ4v) is 4.16. The van der Waals surface area contributed by atoms with Crippen LogP contribution >= 0.6 is 23.2 Å². The second-order valence-corrected chi connectivity index (χ2v) is 8.64. The second-order valence-electron chi connectivity index (χ2n) is 7.83. The maximum atomic E-state index is 6.35. The lowest BCUT2D eigenvalue weighted by molar-refractivity contribution is 0.414. The van der Waals surface area contributed by atoms with Crippen molar-refractivity contribution in [3.8, 4) is 11.1 Å². The van der Waals surface area contributed by atoms with E-state index in [4.69, 9.17) is 23.2 Å². The smallest absolute Gasteiger partial charge is 0.235 e. The molecule has 166 valence electrons. The van der Waals surface area contributed by atoms with E-state index in [-0.39, 0.29) is 0 Å². The predicted octanol–water partition coefficient (Wildman–Crippen LogP) is 5.83. The number of hydrogen-bond acceptors (Lipinski definition) is 5. The molecule has 0 aliphatic carbocycles. The Balaban J connectivity index is 1.52. The van der Waals surface area contributed by atoms with Gasteiger partial charge in [-0.2, -0.15) is 4.98 Å². The second kappa shape index (κ2) is 9.77. The van der Waals surface area contributed by atoms with E-state index in [1.54, 1.807) is 6.20 Å². The lowest BCUT2D eigenvalue weighted by Crippen LogP contribution is -2.31. The third-order valence-corrected chi connectivity index (χ3v) is 5.90. The summed E-state index contributed by atoms with van der Waals surface area (Å²) in [5, 5.41) is 4.53. The Morgan fingerprint density at radius 2 is 1.69 bits per heavy atom. The number of fused-ring (bicyclic) bond motifs is 1. The Morgan fingerprint density at radius 1 is 0.969 bits per heavy atom. The van der Waals surface area contributed by atoms with Crippen LogP contribution in [-0.4, -0.2) is 53.0 Å². The van der Waals surface area contributed by atoms with Gasteiger partial charge in [0.25, 0.3) is 0 Å². The Hall–Kier alpha value is -2.80. The summed E-state index contributed by atoms with van der Waals surface area (Å²) in [5.74, 6) is 1.31. The first kappa shape index (κ1) is 22.4. The van der Waals surface area contributed by atoms with Crippen LogP contribution < -0.4 is 10.2 Å². The van der Waals surface area contributed by atoms with Gasteiger partial charge in [0.2, 0.25) is 5.78 Å². The molecule has 0 fully saturated rings. The Morgan fingerprint density at radius 3 is 2.34 bits per heavy atom. The molecule has 2 aromatic carbocycles. The van der Waals surface area contributed by atoms with Crippen molar-refractivity contribution in [2.75, 3.05) is 43.9 Å². The summed E-state index contributed by atoms with van der Waals surface area (Å²) in [6, 6.07) is 13.9. The fourth-order valence-electron chi connectivity index (χ4n) is 3.54. The van der Waals surface area contributed by atoms with Crippen molar-refractivity contribution in [1.82, 2.24) is 19.3 Å². The van der Waals surface area contributed by atoms with Gasteiger partial charge in [-0.3, -0.25) is 4.40 Å². The molecule has 0 spiro atoms. The zero-order valence-electron chi connectivity index (χ0n) is 18.4. The molecule has 0 amide bonds. The van der Waals surface area contributed by atoms with Crippen LogP contribution in [0.4, 0.5) is 17.2 Å². The molecule has 2 aromatic heterocycles. The van der Waals surface area contributed by atoms with Gasteiger partial charge in [0, 0.05) is 54.5 Å². The first-order valence-corrected chi connectivity index (χ1v) is 11.3. The minimum atomic E-state index is 0.587. The quantitative estimate of drug-likeness (QED) is 0.352. The Kier molecular flexibility index (Phi) is 6.84. The molecule has 32 heavy (non-hydrogen) atoms. The third kappa shape index (κ3) is 4.99. The van der Waals surface area contributed by atoms with Crippen molar-refractivity contribution in [3.63, 3.8) is 0 Å². The highest BCUT2D eigenvalue weighted by Gasteiger charge is 2.11. The molecule has 2 heterocycles. The maximum Gasteiger partial charge on any atom is 0.235 e. The molecule has 0 bridgehead atoms. The molecule has 0 aliphatic heterocycles. The van der Waals surface area contributed by atoms with Crippen LogP contribution in [-0.2, 0) is 0 Å². The van der Waals surface area contributed by atoms with Gasteiger partial charge >= 0.3 is 0 Å². The van der Waals surface area contributed by atoms with Crippen LogP contribution in [0.2, 0.25) is 10.0 Å². The normalized spacial score (nSPS) is 11.3. The first-order valence-electron chi connectivity index (χ1n) is 10.5. The number of nitrogens with zero attached hydrogens (tertiary/aromatic N) is 5. The number of rotatable bonds is 8. The number of imidazole rings is 1. The lowest BCUT2D eigenvalue weighted by atomic mass is 10.1. The van der Waals surface area contributed by atoms with Crippen molar-refractivity contribution in [2.24, 2.45) is 0 Å². The van der Waals surface area contributed by atoms with Crippen LogP contribution in [0.15, 0.2) is 61.1 Å².